The number of nitrogens with one attached hydrogen (secondary N) is 1. The predicted octanol–water partition coefficient (Wildman–Crippen LogP) is 2.85. The van der Waals surface area contributed by atoms with Crippen molar-refractivity contribution >= 4 is 22.4 Å². The Labute approximate surface area is 110 Å². The van der Waals surface area contributed by atoms with Gasteiger partial charge in [-0.05, 0) is 24.6 Å². The van der Waals surface area contributed by atoms with Crippen LogP contribution in [0.25, 0.3) is 0 Å². The van der Waals surface area contributed by atoms with E-state index in [1.165, 1.54) is 11.3 Å². The minimum absolute atomic E-state index is 0.151. The van der Waals surface area contributed by atoms with Gasteiger partial charge in [0.2, 0.25) is 0 Å². The number of ether oxygens (including phenoxy) is 1. The van der Waals surface area contributed by atoms with Crippen LogP contribution in [0.2, 0.25) is 0 Å². The lowest BCUT2D eigenvalue weighted by Gasteiger charge is -2.04. The minimum atomic E-state index is -0.151. The molecule has 0 aliphatic heterocycles. The number of aryl methyl sites for hydroxylation is 1. The van der Waals surface area contributed by atoms with Crippen molar-refractivity contribution in [2.45, 2.75) is 13.5 Å². The molecule has 1 N–H and O–H groups in total. The molecule has 4 nitrogen and oxygen atoms in total. The zero-order valence-corrected chi connectivity index (χ0v) is 11.1. The summed E-state index contributed by atoms with van der Waals surface area (Å²) in [4.78, 5) is 17.2. The van der Waals surface area contributed by atoms with E-state index in [-0.39, 0.29) is 5.91 Å². The van der Waals surface area contributed by atoms with Gasteiger partial charge in [-0.15, -0.1) is 11.3 Å². The van der Waals surface area contributed by atoms with Crippen molar-refractivity contribution in [1.29, 1.82) is 0 Å². The molecule has 0 atom stereocenters. The smallest absolute Gasteiger partial charge is 0.257 e. The summed E-state index contributed by atoms with van der Waals surface area (Å²) in [6.07, 6.45) is 1.74. The molecule has 5 heteroatoms. The fraction of sp³-hybridized carbons (Fsp3) is 0.231. The van der Waals surface area contributed by atoms with Crippen LogP contribution in [-0.4, -0.2) is 18.0 Å². The van der Waals surface area contributed by atoms with Gasteiger partial charge in [-0.3, -0.25) is 10.1 Å². The maximum atomic E-state index is 12.0. The molecular formula is C13H14N2O2S. The minimum Gasteiger partial charge on any atom is -0.380 e. The molecule has 2 rings (SSSR count). The van der Waals surface area contributed by atoms with Crippen molar-refractivity contribution in [3.63, 3.8) is 0 Å². The molecule has 0 radical (unpaired) electrons. The molecule has 1 aromatic carbocycles. The summed E-state index contributed by atoms with van der Waals surface area (Å²) >= 11 is 1.46. The number of carbonyl (C=O) groups is 1. The second-order valence-corrected chi connectivity index (χ2v) is 5.10. The summed E-state index contributed by atoms with van der Waals surface area (Å²) in [5.74, 6) is -0.151. The van der Waals surface area contributed by atoms with Crippen LogP contribution in [-0.2, 0) is 11.3 Å². The van der Waals surface area contributed by atoms with Crippen LogP contribution in [0.5, 0.6) is 0 Å². The molecular weight excluding hydrogens is 248 g/mol. The zero-order valence-electron chi connectivity index (χ0n) is 10.3. The third-order valence-electron chi connectivity index (χ3n) is 2.34. The van der Waals surface area contributed by atoms with Crippen molar-refractivity contribution in [2.75, 3.05) is 12.4 Å². The first kappa shape index (κ1) is 12.7. The average Bonchev–Trinajstić information content (AvgIpc) is 2.75. The summed E-state index contributed by atoms with van der Waals surface area (Å²) in [5, 5.41) is 3.40. The van der Waals surface area contributed by atoms with E-state index in [2.05, 4.69) is 10.3 Å². The van der Waals surface area contributed by atoms with Gasteiger partial charge in [0, 0.05) is 23.7 Å². The van der Waals surface area contributed by atoms with Crippen molar-refractivity contribution in [2.24, 2.45) is 0 Å². The Morgan fingerprint density at radius 2 is 2.33 bits per heavy atom. The van der Waals surface area contributed by atoms with Crippen LogP contribution in [0, 0.1) is 6.92 Å². The molecule has 0 spiro atoms. The first-order valence-corrected chi connectivity index (χ1v) is 6.32. The number of anilines is 1. The highest BCUT2D eigenvalue weighted by molar-refractivity contribution is 7.15. The van der Waals surface area contributed by atoms with E-state index in [1.54, 1.807) is 19.4 Å². The second-order valence-electron chi connectivity index (χ2n) is 3.86. The molecule has 0 aliphatic rings. The van der Waals surface area contributed by atoms with Crippen LogP contribution in [0.1, 0.15) is 20.8 Å². The molecule has 0 fully saturated rings. The third-order valence-corrected chi connectivity index (χ3v) is 3.17. The molecule has 1 amide bonds. The van der Waals surface area contributed by atoms with E-state index in [1.807, 2.05) is 25.1 Å². The first-order chi connectivity index (χ1) is 8.69. The molecule has 0 unspecified atom stereocenters. The van der Waals surface area contributed by atoms with Gasteiger partial charge in [-0.25, -0.2) is 4.98 Å². The number of methoxy groups -OCH3 is 1. The summed E-state index contributed by atoms with van der Waals surface area (Å²) in [5.41, 5.74) is 1.58. The average molecular weight is 262 g/mol. The van der Waals surface area contributed by atoms with Crippen molar-refractivity contribution in [1.82, 2.24) is 4.98 Å². The van der Waals surface area contributed by atoms with E-state index in [9.17, 15) is 4.79 Å². The Balaban J connectivity index is 2.11. The second kappa shape index (κ2) is 5.75. The highest BCUT2D eigenvalue weighted by Gasteiger charge is 2.08. The van der Waals surface area contributed by atoms with Crippen molar-refractivity contribution in [3.05, 3.63) is 46.5 Å². The lowest BCUT2D eigenvalue weighted by Crippen LogP contribution is -2.11. The molecule has 0 saturated carbocycles. The zero-order chi connectivity index (χ0) is 13.0. The monoisotopic (exact) mass is 262 g/mol. The summed E-state index contributed by atoms with van der Waals surface area (Å²) in [6.45, 7) is 2.45. The maximum absolute atomic E-state index is 12.0. The fourth-order valence-electron chi connectivity index (χ4n) is 1.55. The number of nitrogens with zero attached hydrogens (tertiary/aromatic N) is 1. The summed E-state index contributed by atoms with van der Waals surface area (Å²) < 4.78 is 5.04. The van der Waals surface area contributed by atoms with Gasteiger partial charge in [0.1, 0.15) is 0 Å². The Morgan fingerprint density at radius 3 is 3.00 bits per heavy atom. The van der Waals surface area contributed by atoms with Crippen LogP contribution in [0.15, 0.2) is 30.5 Å². The van der Waals surface area contributed by atoms with E-state index in [0.29, 0.717) is 17.3 Å². The number of benzene rings is 1. The van der Waals surface area contributed by atoms with Crippen molar-refractivity contribution in [3.8, 4) is 0 Å². The van der Waals surface area contributed by atoms with E-state index in [0.717, 1.165) is 10.4 Å². The molecule has 1 aromatic heterocycles. The largest absolute Gasteiger partial charge is 0.380 e. The Kier molecular flexibility index (Phi) is 4.07. The van der Waals surface area contributed by atoms with Gasteiger partial charge < -0.3 is 4.74 Å². The number of rotatable bonds is 4. The summed E-state index contributed by atoms with van der Waals surface area (Å²) in [6, 6.07) is 7.36. The highest BCUT2D eigenvalue weighted by Crippen LogP contribution is 2.17. The maximum Gasteiger partial charge on any atom is 0.257 e. The van der Waals surface area contributed by atoms with E-state index < -0.39 is 0 Å². The van der Waals surface area contributed by atoms with Gasteiger partial charge in [0.15, 0.2) is 5.13 Å². The number of amides is 1. The first-order valence-electron chi connectivity index (χ1n) is 5.50. The van der Waals surface area contributed by atoms with Gasteiger partial charge in [0.05, 0.1) is 6.61 Å². The molecule has 1 heterocycles. The lowest BCUT2D eigenvalue weighted by atomic mass is 10.1. The molecule has 0 bridgehead atoms. The van der Waals surface area contributed by atoms with Gasteiger partial charge in [0.25, 0.3) is 5.91 Å². The molecule has 18 heavy (non-hydrogen) atoms. The van der Waals surface area contributed by atoms with E-state index in [4.69, 9.17) is 4.74 Å². The molecule has 2 aromatic rings. The van der Waals surface area contributed by atoms with Crippen molar-refractivity contribution < 1.29 is 9.53 Å². The predicted molar refractivity (Wildman–Crippen MR) is 72.0 cm³/mol. The number of hydrogen-bond donors (Lipinski definition) is 1. The Bertz CT molecular complexity index is 551. The Hall–Kier alpha value is -1.72. The van der Waals surface area contributed by atoms with Gasteiger partial charge in [-0.1, -0.05) is 12.1 Å². The number of hydrogen-bond acceptors (Lipinski definition) is 4. The lowest BCUT2D eigenvalue weighted by molar-refractivity contribution is 0.102. The number of thiazole rings is 1. The third kappa shape index (κ3) is 3.15. The van der Waals surface area contributed by atoms with Crippen LogP contribution < -0.4 is 5.32 Å². The Morgan fingerprint density at radius 1 is 1.50 bits per heavy atom. The van der Waals surface area contributed by atoms with Gasteiger partial charge in [-0.2, -0.15) is 0 Å². The number of aromatic nitrogens is 1. The standard InChI is InChI=1S/C13H14N2O2S/c1-9-7-14-13(18-9)15-12(16)11-5-3-4-10(6-11)8-17-2/h3-7H,8H2,1-2H3,(H,14,15,16). The molecule has 0 saturated heterocycles. The highest BCUT2D eigenvalue weighted by atomic mass is 32.1. The quantitative estimate of drug-likeness (QED) is 0.921. The van der Waals surface area contributed by atoms with E-state index >= 15 is 0 Å². The van der Waals surface area contributed by atoms with Crippen LogP contribution in [0.3, 0.4) is 0 Å². The topological polar surface area (TPSA) is 51.2 Å². The van der Waals surface area contributed by atoms with Crippen LogP contribution >= 0.6 is 11.3 Å². The van der Waals surface area contributed by atoms with Gasteiger partial charge >= 0.3 is 0 Å². The molecule has 94 valence electrons. The summed E-state index contributed by atoms with van der Waals surface area (Å²) in [7, 11) is 1.63. The fourth-order valence-corrected chi connectivity index (χ4v) is 2.21. The number of carbonyl (C=O) groups excluding carboxylic acids is 1. The SMILES string of the molecule is COCc1cccc(C(=O)Nc2ncc(C)s2)c1. The van der Waals surface area contributed by atoms with Crippen LogP contribution in [0.4, 0.5) is 5.13 Å². The molecule has 0 aliphatic carbocycles. The normalized spacial score (nSPS) is 10.3.